The molecule has 0 radical (unpaired) electrons. The van der Waals surface area contributed by atoms with Gasteiger partial charge in [-0.25, -0.2) is 9.97 Å². The number of nitrogens with two attached hydrogens (primary N) is 1. The number of nitrogens with one attached hydrogen (secondary N) is 1. The van der Waals surface area contributed by atoms with Gasteiger partial charge in [-0.15, -0.1) is 0 Å². The van der Waals surface area contributed by atoms with Gasteiger partial charge in [0.1, 0.15) is 23.2 Å². The van der Waals surface area contributed by atoms with Crippen molar-refractivity contribution in [3.05, 3.63) is 34.6 Å². The minimum Gasteiger partial charge on any atom is -0.495 e. The van der Waals surface area contributed by atoms with Gasteiger partial charge < -0.3 is 15.8 Å². The molecule has 112 valence electrons. The van der Waals surface area contributed by atoms with Gasteiger partial charge in [0.2, 0.25) is 0 Å². The first-order valence-corrected chi connectivity index (χ1v) is 7.34. The molecule has 1 aromatic carbocycles. The van der Waals surface area contributed by atoms with Crippen LogP contribution in [0.1, 0.15) is 26.6 Å². The van der Waals surface area contributed by atoms with Crippen LogP contribution < -0.4 is 15.8 Å². The van der Waals surface area contributed by atoms with Crippen LogP contribution >= 0.6 is 15.9 Å². The van der Waals surface area contributed by atoms with E-state index in [1.807, 2.05) is 39.0 Å². The van der Waals surface area contributed by atoms with E-state index in [-0.39, 0.29) is 5.41 Å². The number of benzene rings is 1. The highest BCUT2D eigenvalue weighted by Gasteiger charge is 2.19. The summed E-state index contributed by atoms with van der Waals surface area (Å²) in [4.78, 5) is 8.83. The summed E-state index contributed by atoms with van der Waals surface area (Å²) in [6.45, 7) is 6.14. The number of nitrogen functional groups attached to an aromatic ring is 1. The summed E-state index contributed by atoms with van der Waals surface area (Å²) in [5.41, 5.74) is 6.52. The maximum atomic E-state index is 5.88. The third-order valence-corrected chi connectivity index (χ3v) is 3.33. The smallest absolute Gasteiger partial charge is 0.142 e. The van der Waals surface area contributed by atoms with Gasteiger partial charge >= 0.3 is 0 Å². The van der Waals surface area contributed by atoms with Crippen LogP contribution in [0, 0.1) is 0 Å². The van der Waals surface area contributed by atoms with Crippen molar-refractivity contribution in [2.24, 2.45) is 0 Å². The molecule has 0 saturated heterocycles. The molecule has 1 aromatic heterocycles. The Kier molecular flexibility index (Phi) is 4.37. The zero-order valence-corrected chi connectivity index (χ0v) is 14.2. The minimum absolute atomic E-state index is 0.173. The van der Waals surface area contributed by atoms with Crippen LogP contribution in [-0.2, 0) is 5.41 Å². The van der Waals surface area contributed by atoms with E-state index in [4.69, 9.17) is 10.5 Å². The van der Waals surface area contributed by atoms with E-state index in [9.17, 15) is 0 Å². The second kappa shape index (κ2) is 5.89. The zero-order valence-electron chi connectivity index (χ0n) is 12.6. The lowest BCUT2D eigenvalue weighted by Gasteiger charge is -2.18. The Morgan fingerprint density at radius 2 is 1.90 bits per heavy atom. The molecule has 0 atom stereocenters. The predicted molar refractivity (Wildman–Crippen MR) is 89.1 cm³/mol. The maximum Gasteiger partial charge on any atom is 0.142 e. The normalized spacial score (nSPS) is 11.3. The van der Waals surface area contributed by atoms with Crippen molar-refractivity contribution < 1.29 is 4.74 Å². The Morgan fingerprint density at radius 1 is 1.19 bits per heavy atom. The topological polar surface area (TPSA) is 73.1 Å². The van der Waals surface area contributed by atoms with E-state index in [2.05, 4.69) is 31.2 Å². The average molecular weight is 351 g/mol. The second-order valence-corrected chi connectivity index (χ2v) is 6.64. The average Bonchev–Trinajstić information content (AvgIpc) is 2.37. The molecule has 6 heteroatoms. The number of nitrogens with zero attached hydrogens (tertiary/aromatic N) is 2. The Labute approximate surface area is 133 Å². The molecule has 21 heavy (non-hydrogen) atoms. The molecule has 5 nitrogen and oxygen atoms in total. The zero-order chi connectivity index (χ0) is 15.6. The fourth-order valence-electron chi connectivity index (χ4n) is 1.78. The number of methoxy groups -OCH3 is 1. The lowest BCUT2D eigenvalue weighted by Crippen LogP contribution is -2.17. The van der Waals surface area contributed by atoms with Gasteiger partial charge in [-0.2, -0.15) is 0 Å². The largest absolute Gasteiger partial charge is 0.495 e. The monoisotopic (exact) mass is 350 g/mol. The molecule has 1 heterocycles. The fraction of sp³-hybridized carbons (Fsp3) is 0.333. The minimum atomic E-state index is -0.173. The number of anilines is 3. The van der Waals surface area contributed by atoms with Crippen LogP contribution in [0.4, 0.5) is 17.3 Å². The van der Waals surface area contributed by atoms with Crippen molar-refractivity contribution in [3.8, 4) is 5.75 Å². The van der Waals surface area contributed by atoms with Gasteiger partial charge in [-0.3, -0.25) is 0 Å². The maximum absolute atomic E-state index is 5.88. The summed E-state index contributed by atoms with van der Waals surface area (Å²) in [7, 11) is 1.63. The van der Waals surface area contributed by atoms with Crippen molar-refractivity contribution in [2.75, 3.05) is 18.2 Å². The van der Waals surface area contributed by atoms with Crippen molar-refractivity contribution in [1.82, 2.24) is 9.97 Å². The highest BCUT2D eigenvalue weighted by atomic mass is 79.9. The Hall–Kier alpha value is -1.82. The summed E-state index contributed by atoms with van der Waals surface area (Å²) in [5, 5.41) is 3.23. The number of hydrogen-bond donors (Lipinski definition) is 2. The van der Waals surface area contributed by atoms with Crippen LogP contribution in [0.2, 0.25) is 0 Å². The molecule has 2 aromatic rings. The molecule has 0 saturated carbocycles. The molecular formula is C15H19BrN4O. The Balaban J connectivity index is 2.40. The Bertz CT molecular complexity index is 653. The number of aromatic nitrogens is 2. The van der Waals surface area contributed by atoms with Gasteiger partial charge in [0.05, 0.1) is 12.8 Å². The van der Waals surface area contributed by atoms with Gasteiger partial charge in [0, 0.05) is 16.0 Å². The summed E-state index contributed by atoms with van der Waals surface area (Å²) in [5.74, 6) is 2.50. The molecular weight excluding hydrogens is 332 g/mol. The third kappa shape index (κ3) is 3.85. The lowest BCUT2D eigenvalue weighted by molar-refractivity contribution is 0.416. The first-order valence-electron chi connectivity index (χ1n) is 6.55. The van der Waals surface area contributed by atoms with Gasteiger partial charge in [0.25, 0.3) is 0 Å². The van der Waals surface area contributed by atoms with Crippen molar-refractivity contribution >= 4 is 33.3 Å². The molecule has 0 aliphatic heterocycles. The van der Waals surface area contributed by atoms with Crippen LogP contribution in [0.3, 0.4) is 0 Å². The van der Waals surface area contributed by atoms with E-state index in [0.29, 0.717) is 17.5 Å². The molecule has 0 amide bonds. The van der Waals surface area contributed by atoms with Gasteiger partial charge in [-0.1, -0.05) is 36.7 Å². The van der Waals surface area contributed by atoms with E-state index < -0.39 is 0 Å². The Morgan fingerprint density at radius 3 is 2.52 bits per heavy atom. The molecule has 0 bridgehead atoms. The number of rotatable bonds is 3. The first kappa shape index (κ1) is 15.6. The highest BCUT2D eigenvalue weighted by Crippen LogP contribution is 2.31. The summed E-state index contributed by atoms with van der Waals surface area (Å²) in [6.07, 6.45) is 0. The van der Waals surface area contributed by atoms with Crippen LogP contribution in [-0.4, -0.2) is 17.1 Å². The number of ether oxygens (including phenoxy) is 1. The molecule has 0 unspecified atom stereocenters. The fourth-order valence-corrected chi connectivity index (χ4v) is 2.14. The summed E-state index contributed by atoms with van der Waals surface area (Å²) >= 11 is 3.45. The van der Waals surface area contributed by atoms with E-state index in [1.54, 1.807) is 13.2 Å². The van der Waals surface area contributed by atoms with Crippen molar-refractivity contribution in [3.63, 3.8) is 0 Å². The van der Waals surface area contributed by atoms with Crippen molar-refractivity contribution in [1.29, 1.82) is 0 Å². The van der Waals surface area contributed by atoms with Crippen LogP contribution in [0.15, 0.2) is 28.7 Å². The van der Waals surface area contributed by atoms with E-state index in [1.165, 1.54) is 0 Å². The third-order valence-electron chi connectivity index (χ3n) is 2.84. The quantitative estimate of drug-likeness (QED) is 0.878. The molecule has 0 aliphatic carbocycles. The summed E-state index contributed by atoms with van der Waals surface area (Å²) in [6, 6.07) is 7.42. The predicted octanol–water partition coefficient (Wildman–Crippen LogP) is 3.87. The highest BCUT2D eigenvalue weighted by molar-refractivity contribution is 9.10. The lowest BCUT2D eigenvalue weighted by atomic mass is 9.96. The molecule has 0 spiro atoms. The van der Waals surface area contributed by atoms with Gasteiger partial charge in [0.15, 0.2) is 0 Å². The number of hydrogen-bond acceptors (Lipinski definition) is 5. The molecule has 3 N–H and O–H groups in total. The molecule has 2 rings (SSSR count). The van der Waals surface area contributed by atoms with Crippen molar-refractivity contribution in [2.45, 2.75) is 26.2 Å². The van der Waals surface area contributed by atoms with Gasteiger partial charge in [-0.05, 0) is 18.2 Å². The van der Waals surface area contributed by atoms with E-state index >= 15 is 0 Å². The SMILES string of the molecule is COc1ccc(Br)cc1Nc1cc(N)nc(C(C)(C)C)n1. The summed E-state index contributed by atoms with van der Waals surface area (Å²) < 4.78 is 6.29. The first-order chi connectivity index (χ1) is 9.79. The van der Waals surface area contributed by atoms with Crippen LogP contribution in [0.5, 0.6) is 5.75 Å². The number of halogens is 1. The molecule has 0 fully saturated rings. The standard InChI is InChI=1S/C15H19BrN4O/c1-15(2,3)14-19-12(17)8-13(20-14)18-10-7-9(16)5-6-11(10)21-4/h5-8H,1-4H3,(H3,17,18,19,20). The second-order valence-electron chi connectivity index (χ2n) is 5.72. The van der Waals surface area contributed by atoms with E-state index in [0.717, 1.165) is 15.9 Å². The van der Waals surface area contributed by atoms with Crippen LogP contribution in [0.25, 0.3) is 0 Å². The molecule has 0 aliphatic rings.